The maximum Gasteiger partial charge on any atom is 0.252 e. The Morgan fingerprint density at radius 1 is 1.11 bits per heavy atom. The molecule has 7 heteroatoms. The van der Waals surface area contributed by atoms with Crippen LogP contribution >= 0.6 is 11.6 Å². The lowest BCUT2D eigenvalue weighted by Gasteiger charge is -2.24. The summed E-state index contributed by atoms with van der Waals surface area (Å²) in [4.78, 5) is 15.7. The molecule has 0 fully saturated rings. The Hall–Kier alpha value is -2.15. The van der Waals surface area contributed by atoms with Crippen LogP contribution in [0.3, 0.4) is 0 Å². The van der Waals surface area contributed by atoms with Crippen molar-refractivity contribution >= 4 is 32.5 Å². The molecule has 3 aromatic rings. The van der Waals surface area contributed by atoms with Gasteiger partial charge in [-0.2, -0.15) is 4.31 Å². The molecule has 3 rings (SSSR count). The van der Waals surface area contributed by atoms with E-state index in [-0.39, 0.29) is 22.9 Å². The molecule has 1 heterocycles. The Morgan fingerprint density at radius 3 is 2.43 bits per heavy atom. The third-order valence-electron chi connectivity index (χ3n) is 4.53. The largest absolute Gasteiger partial charge is 0.321 e. The number of hydrogen-bond donors (Lipinski definition) is 1. The first-order chi connectivity index (χ1) is 13.2. The molecular formula is C21H23ClN2O3S. The number of aryl methyl sites for hydroxylation is 1. The molecule has 0 amide bonds. The van der Waals surface area contributed by atoms with Crippen LogP contribution in [0, 0.1) is 12.8 Å². The zero-order valence-corrected chi connectivity index (χ0v) is 17.6. The third-order valence-corrected chi connectivity index (χ3v) is 6.61. The highest BCUT2D eigenvalue weighted by Gasteiger charge is 2.26. The topological polar surface area (TPSA) is 70.2 Å². The van der Waals surface area contributed by atoms with Crippen LogP contribution in [0.2, 0.25) is 5.02 Å². The van der Waals surface area contributed by atoms with Gasteiger partial charge in [0.05, 0.1) is 10.4 Å². The predicted molar refractivity (Wildman–Crippen MR) is 113 cm³/mol. The first-order valence-corrected chi connectivity index (χ1v) is 10.9. The first kappa shape index (κ1) is 20.6. The second kappa shape index (κ2) is 8.07. The zero-order valence-electron chi connectivity index (χ0n) is 16.1. The van der Waals surface area contributed by atoms with Gasteiger partial charge in [0.1, 0.15) is 0 Å². The van der Waals surface area contributed by atoms with Gasteiger partial charge in [0, 0.05) is 23.7 Å². The van der Waals surface area contributed by atoms with Crippen LogP contribution in [-0.4, -0.2) is 24.3 Å². The van der Waals surface area contributed by atoms with Crippen molar-refractivity contribution in [1.82, 2.24) is 9.29 Å². The molecule has 0 radical (unpaired) electrons. The number of rotatable bonds is 6. The average Bonchev–Trinajstić information content (AvgIpc) is 2.62. The van der Waals surface area contributed by atoms with Gasteiger partial charge in [-0.1, -0.05) is 43.6 Å². The lowest BCUT2D eigenvalue weighted by Crippen LogP contribution is -2.35. The summed E-state index contributed by atoms with van der Waals surface area (Å²) in [7, 11) is -3.77. The van der Waals surface area contributed by atoms with Crippen molar-refractivity contribution in [1.29, 1.82) is 0 Å². The summed E-state index contributed by atoms with van der Waals surface area (Å²) in [6.45, 7) is 6.11. The molecule has 0 spiro atoms. The zero-order chi connectivity index (χ0) is 20.5. The number of sulfonamides is 1. The number of para-hydroxylation sites is 1. The normalized spacial score (nSPS) is 12.2. The minimum absolute atomic E-state index is 0.00234. The fourth-order valence-corrected chi connectivity index (χ4v) is 4.85. The molecule has 0 aliphatic carbocycles. The number of hydrogen-bond acceptors (Lipinski definition) is 3. The molecule has 0 atom stereocenters. The van der Waals surface area contributed by atoms with E-state index in [9.17, 15) is 13.2 Å². The Balaban J connectivity index is 2.04. The number of aromatic nitrogens is 1. The van der Waals surface area contributed by atoms with Crippen molar-refractivity contribution in [3.8, 4) is 0 Å². The molecule has 148 valence electrons. The minimum atomic E-state index is -3.77. The van der Waals surface area contributed by atoms with E-state index in [4.69, 9.17) is 11.6 Å². The smallest absolute Gasteiger partial charge is 0.252 e. The highest BCUT2D eigenvalue weighted by Crippen LogP contribution is 2.22. The number of H-pyrrole nitrogens is 1. The third kappa shape index (κ3) is 4.29. The van der Waals surface area contributed by atoms with E-state index in [1.165, 1.54) is 16.4 Å². The van der Waals surface area contributed by atoms with Gasteiger partial charge in [0.2, 0.25) is 10.0 Å². The van der Waals surface area contributed by atoms with Gasteiger partial charge in [-0.15, -0.1) is 0 Å². The standard InChI is InChI=1S/C21H23ClN2O3S/c1-14(2)12-24(28(26,27)19-9-7-18(22)8-10-19)13-17-11-16-6-4-5-15(3)20(16)23-21(17)25/h4-11,14H,12-13H2,1-3H3,(H,23,25). The van der Waals surface area contributed by atoms with Crippen LogP contribution in [0.15, 0.2) is 58.2 Å². The Labute approximate surface area is 170 Å². The molecule has 0 bridgehead atoms. The summed E-state index contributed by atoms with van der Waals surface area (Å²) in [5.41, 5.74) is 1.87. The number of nitrogens with one attached hydrogen (secondary N) is 1. The second-order valence-corrected chi connectivity index (χ2v) is 9.68. The van der Waals surface area contributed by atoms with E-state index in [1.54, 1.807) is 18.2 Å². The Bertz CT molecular complexity index is 1150. The Morgan fingerprint density at radius 2 is 1.79 bits per heavy atom. The number of benzene rings is 2. The van der Waals surface area contributed by atoms with Crippen molar-refractivity contribution in [3.63, 3.8) is 0 Å². The van der Waals surface area contributed by atoms with Gasteiger partial charge in [0.25, 0.3) is 5.56 Å². The van der Waals surface area contributed by atoms with E-state index >= 15 is 0 Å². The van der Waals surface area contributed by atoms with Crippen molar-refractivity contribution < 1.29 is 8.42 Å². The fraction of sp³-hybridized carbons (Fsp3) is 0.286. The van der Waals surface area contributed by atoms with Crippen molar-refractivity contribution in [2.45, 2.75) is 32.2 Å². The second-order valence-electron chi connectivity index (χ2n) is 7.31. The number of halogens is 1. The summed E-state index contributed by atoms with van der Waals surface area (Å²) in [6, 6.07) is 13.6. The molecular weight excluding hydrogens is 396 g/mol. The van der Waals surface area contributed by atoms with Crippen molar-refractivity contribution in [2.75, 3.05) is 6.54 Å². The molecule has 0 aliphatic rings. The van der Waals surface area contributed by atoms with Crippen LogP contribution in [0.4, 0.5) is 0 Å². The van der Waals surface area contributed by atoms with E-state index in [0.717, 1.165) is 16.5 Å². The van der Waals surface area contributed by atoms with Crippen LogP contribution in [0.5, 0.6) is 0 Å². The molecule has 1 aromatic heterocycles. The summed E-state index contributed by atoms with van der Waals surface area (Å²) in [5, 5.41) is 1.35. The molecule has 0 saturated carbocycles. The monoisotopic (exact) mass is 418 g/mol. The highest BCUT2D eigenvalue weighted by atomic mass is 35.5. The van der Waals surface area contributed by atoms with Crippen LogP contribution in [0.1, 0.15) is 25.0 Å². The maximum absolute atomic E-state index is 13.2. The molecule has 0 saturated heterocycles. The summed E-state index contributed by atoms with van der Waals surface area (Å²) in [6.07, 6.45) is 0. The molecule has 2 aromatic carbocycles. The van der Waals surface area contributed by atoms with Gasteiger partial charge in [-0.25, -0.2) is 8.42 Å². The lowest BCUT2D eigenvalue weighted by molar-refractivity contribution is 0.361. The number of aromatic amines is 1. The van der Waals surface area contributed by atoms with Gasteiger partial charge in [-0.3, -0.25) is 4.79 Å². The molecule has 0 aliphatic heterocycles. The quantitative estimate of drug-likeness (QED) is 0.647. The lowest BCUT2D eigenvalue weighted by atomic mass is 10.1. The molecule has 0 unspecified atom stereocenters. The van der Waals surface area contributed by atoms with Gasteiger partial charge in [-0.05, 0) is 54.1 Å². The van der Waals surface area contributed by atoms with Crippen LogP contribution in [0.25, 0.3) is 10.9 Å². The van der Waals surface area contributed by atoms with Gasteiger partial charge >= 0.3 is 0 Å². The predicted octanol–water partition coefficient (Wildman–Crippen LogP) is 4.34. The van der Waals surface area contributed by atoms with Gasteiger partial charge in [0.15, 0.2) is 0 Å². The molecule has 1 N–H and O–H groups in total. The van der Waals surface area contributed by atoms with Crippen LogP contribution in [-0.2, 0) is 16.6 Å². The minimum Gasteiger partial charge on any atom is -0.321 e. The SMILES string of the molecule is Cc1cccc2cc(CN(CC(C)C)S(=O)(=O)c3ccc(Cl)cc3)c(=O)[nH]c12. The summed E-state index contributed by atoms with van der Waals surface area (Å²) >= 11 is 5.89. The van der Waals surface area contributed by atoms with Crippen LogP contribution < -0.4 is 5.56 Å². The maximum atomic E-state index is 13.2. The van der Waals surface area contributed by atoms with E-state index in [0.29, 0.717) is 17.1 Å². The Kier molecular flexibility index (Phi) is 5.93. The van der Waals surface area contributed by atoms with Crippen molar-refractivity contribution in [2.24, 2.45) is 5.92 Å². The molecule has 5 nitrogen and oxygen atoms in total. The fourth-order valence-electron chi connectivity index (χ4n) is 3.15. The van der Waals surface area contributed by atoms with E-state index < -0.39 is 10.0 Å². The average molecular weight is 419 g/mol. The van der Waals surface area contributed by atoms with E-state index in [2.05, 4.69) is 4.98 Å². The van der Waals surface area contributed by atoms with E-state index in [1.807, 2.05) is 39.0 Å². The first-order valence-electron chi connectivity index (χ1n) is 9.05. The molecule has 28 heavy (non-hydrogen) atoms. The van der Waals surface area contributed by atoms with Crippen molar-refractivity contribution in [3.05, 3.63) is 75.0 Å². The highest BCUT2D eigenvalue weighted by molar-refractivity contribution is 7.89. The summed E-state index contributed by atoms with van der Waals surface area (Å²) < 4.78 is 27.7. The van der Waals surface area contributed by atoms with Gasteiger partial charge < -0.3 is 4.98 Å². The number of pyridine rings is 1. The number of nitrogens with zero attached hydrogens (tertiary/aromatic N) is 1. The summed E-state index contributed by atoms with van der Waals surface area (Å²) in [5.74, 6) is 0.101. The number of fused-ring (bicyclic) bond motifs is 1.